The second-order valence-electron chi connectivity index (χ2n) is 5.86. The summed E-state index contributed by atoms with van der Waals surface area (Å²) in [5.41, 5.74) is 0.0570. The molecule has 0 bridgehead atoms. The lowest BCUT2D eigenvalue weighted by Crippen LogP contribution is -2.29. The molecule has 6 nitrogen and oxygen atoms in total. The van der Waals surface area contributed by atoms with Crippen LogP contribution in [0.3, 0.4) is 0 Å². The number of methoxy groups -OCH3 is 1. The molecule has 22 heavy (non-hydrogen) atoms. The van der Waals surface area contributed by atoms with Crippen molar-refractivity contribution in [3.05, 3.63) is 23.3 Å². The van der Waals surface area contributed by atoms with Crippen molar-refractivity contribution in [3.8, 4) is 5.75 Å². The Hall–Kier alpha value is -2.37. The van der Waals surface area contributed by atoms with Gasteiger partial charge in [-0.3, -0.25) is 9.59 Å². The van der Waals surface area contributed by atoms with Gasteiger partial charge < -0.3 is 15.2 Å². The van der Waals surface area contributed by atoms with Crippen LogP contribution in [0.15, 0.2) is 12.1 Å². The predicted molar refractivity (Wildman–Crippen MR) is 82.4 cm³/mol. The van der Waals surface area contributed by atoms with Gasteiger partial charge in [-0.15, -0.1) is 0 Å². The van der Waals surface area contributed by atoms with Gasteiger partial charge in [-0.25, -0.2) is 4.79 Å². The van der Waals surface area contributed by atoms with Gasteiger partial charge in [0.25, 0.3) is 5.78 Å². The number of ether oxygens (including phenoxy) is 1. The number of ketones is 1. The van der Waals surface area contributed by atoms with Crippen molar-refractivity contribution >= 4 is 23.3 Å². The van der Waals surface area contributed by atoms with E-state index in [1.807, 2.05) is 6.92 Å². The highest BCUT2D eigenvalue weighted by molar-refractivity contribution is 6.41. The zero-order valence-corrected chi connectivity index (χ0v) is 13.4. The van der Waals surface area contributed by atoms with Gasteiger partial charge in [-0.2, -0.15) is 0 Å². The molecule has 1 amide bonds. The van der Waals surface area contributed by atoms with Gasteiger partial charge in [-0.1, -0.05) is 27.7 Å². The third kappa shape index (κ3) is 3.63. The molecule has 120 valence electrons. The van der Waals surface area contributed by atoms with E-state index in [1.165, 1.54) is 19.2 Å². The van der Waals surface area contributed by atoms with E-state index in [-0.39, 0.29) is 17.2 Å². The Morgan fingerprint density at radius 2 is 1.82 bits per heavy atom. The van der Waals surface area contributed by atoms with Crippen LogP contribution in [0.5, 0.6) is 5.75 Å². The van der Waals surface area contributed by atoms with Crippen LogP contribution < -0.4 is 10.1 Å². The Balaban J connectivity index is 3.50. The van der Waals surface area contributed by atoms with Crippen molar-refractivity contribution in [2.45, 2.75) is 34.1 Å². The molecule has 0 aliphatic carbocycles. The van der Waals surface area contributed by atoms with E-state index in [9.17, 15) is 14.4 Å². The van der Waals surface area contributed by atoms with Crippen molar-refractivity contribution in [2.24, 2.45) is 5.41 Å². The molecule has 0 atom stereocenters. The lowest BCUT2D eigenvalue weighted by molar-refractivity contribution is -0.131. The van der Waals surface area contributed by atoms with Gasteiger partial charge in [0.15, 0.2) is 0 Å². The molecule has 0 saturated carbocycles. The number of benzene rings is 1. The molecule has 0 spiro atoms. The lowest BCUT2D eigenvalue weighted by atomic mass is 9.94. The van der Waals surface area contributed by atoms with Gasteiger partial charge in [0.05, 0.1) is 18.4 Å². The quantitative estimate of drug-likeness (QED) is 0.644. The molecule has 0 saturated heterocycles. The van der Waals surface area contributed by atoms with Crippen LogP contribution in [0.1, 0.15) is 43.6 Å². The Morgan fingerprint density at radius 3 is 2.23 bits per heavy atom. The summed E-state index contributed by atoms with van der Waals surface area (Å²) in [7, 11) is 1.47. The number of amides is 1. The number of carboxylic acid groups (broad SMARTS) is 1. The van der Waals surface area contributed by atoms with E-state index in [2.05, 4.69) is 5.32 Å². The predicted octanol–water partition coefficient (Wildman–Crippen LogP) is 2.51. The van der Waals surface area contributed by atoms with Gasteiger partial charge in [-0.05, 0) is 18.6 Å². The minimum atomic E-state index is -1.57. The first kappa shape index (κ1) is 17.7. The third-order valence-corrected chi connectivity index (χ3v) is 3.20. The van der Waals surface area contributed by atoms with Crippen molar-refractivity contribution in [1.29, 1.82) is 0 Å². The van der Waals surface area contributed by atoms with E-state index in [1.54, 1.807) is 20.8 Å². The summed E-state index contributed by atoms with van der Waals surface area (Å²) in [5, 5.41) is 11.6. The fourth-order valence-corrected chi connectivity index (χ4v) is 1.92. The summed E-state index contributed by atoms with van der Waals surface area (Å²) in [5.74, 6) is -2.46. The van der Waals surface area contributed by atoms with E-state index in [4.69, 9.17) is 9.84 Å². The van der Waals surface area contributed by atoms with E-state index < -0.39 is 17.2 Å². The topological polar surface area (TPSA) is 92.7 Å². The third-order valence-electron chi connectivity index (χ3n) is 3.20. The number of hydrogen-bond acceptors (Lipinski definition) is 4. The van der Waals surface area contributed by atoms with Crippen LogP contribution in [0, 0.1) is 5.41 Å². The first-order valence-electron chi connectivity index (χ1n) is 6.92. The number of carboxylic acids is 1. The van der Waals surface area contributed by atoms with Gasteiger partial charge in [0.2, 0.25) is 5.91 Å². The molecular formula is C16H21NO5. The summed E-state index contributed by atoms with van der Waals surface area (Å²) < 4.78 is 5.23. The minimum Gasteiger partial charge on any atom is -0.496 e. The largest absolute Gasteiger partial charge is 0.496 e. The highest BCUT2D eigenvalue weighted by Gasteiger charge is 2.27. The molecule has 0 heterocycles. The SMILES string of the molecule is CCc1c(OC)ccc(C(=O)C(=O)O)c1NC(=O)C(C)(C)C. The zero-order chi connectivity index (χ0) is 17.1. The molecule has 0 aliphatic heterocycles. The second-order valence-corrected chi connectivity index (χ2v) is 5.86. The summed E-state index contributed by atoms with van der Waals surface area (Å²) in [4.78, 5) is 35.1. The van der Waals surface area contributed by atoms with E-state index in [0.29, 0.717) is 17.7 Å². The normalized spacial score (nSPS) is 11.0. The maximum Gasteiger partial charge on any atom is 0.377 e. The molecule has 0 radical (unpaired) electrons. The van der Waals surface area contributed by atoms with Crippen molar-refractivity contribution in [3.63, 3.8) is 0 Å². The number of aliphatic carboxylic acids is 1. The molecule has 1 aromatic carbocycles. The Labute approximate surface area is 129 Å². The lowest BCUT2D eigenvalue weighted by Gasteiger charge is -2.22. The number of hydrogen-bond donors (Lipinski definition) is 2. The summed E-state index contributed by atoms with van der Waals surface area (Å²) in [6, 6.07) is 2.88. The highest BCUT2D eigenvalue weighted by atomic mass is 16.5. The second kappa shape index (κ2) is 6.60. The zero-order valence-electron chi connectivity index (χ0n) is 13.4. The van der Waals surface area contributed by atoms with E-state index in [0.717, 1.165) is 0 Å². The van der Waals surface area contributed by atoms with Crippen LogP contribution in [0.2, 0.25) is 0 Å². The standard InChI is InChI=1S/C16H21NO5/c1-6-9-11(22-5)8-7-10(13(18)14(19)20)12(9)17-15(21)16(2,3)4/h7-8H,6H2,1-5H3,(H,17,21)(H,19,20). The number of Topliss-reactive ketones (excluding diaryl/α,β-unsaturated/α-hetero) is 1. The molecule has 1 rings (SSSR count). The fourth-order valence-electron chi connectivity index (χ4n) is 1.92. The van der Waals surface area contributed by atoms with Crippen LogP contribution in [0.4, 0.5) is 5.69 Å². The minimum absolute atomic E-state index is 0.0530. The summed E-state index contributed by atoms with van der Waals surface area (Å²) in [6.45, 7) is 7.02. The molecule has 6 heteroatoms. The smallest absolute Gasteiger partial charge is 0.377 e. The number of carbonyl (C=O) groups is 3. The highest BCUT2D eigenvalue weighted by Crippen LogP contribution is 2.32. The van der Waals surface area contributed by atoms with Gasteiger partial charge in [0.1, 0.15) is 5.75 Å². The van der Waals surface area contributed by atoms with Crippen LogP contribution >= 0.6 is 0 Å². The molecule has 0 fully saturated rings. The average Bonchev–Trinajstić information content (AvgIpc) is 2.44. The fraction of sp³-hybridized carbons (Fsp3) is 0.438. The van der Waals surface area contributed by atoms with Crippen LogP contribution in [-0.4, -0.2) is 29.9 Å². The monoisotopic (exact) mass is 307 g/mol. The Kier molecular flexibility index (Phi) is 5.30. The molecule has 2 N–H and O–H groups in total. The van der Waals surface area contributed by atoms with Crippen molar-refractivity contribution < 1.29 is 24.2 Å². The maximum absolute atomic E-state index is 12.2. The maximum atomic E-state index is 12.2. The Bertz CT molecular complexity index is 614. The average molecular weight is 307 g/mol. The molecule has 0 aromatic heterocycles. The number of anilines is 1. The number of nitrogens with one attached hydrogen (secondary N) is 1. The van der Waals surface area contributed by atoms with Crippen molar-refractivity contribution in [1.82, 2.24) is 0 Å². The van der Waals surface area contributed by atoms with Gasteiger partial charge >= 0.3 is 5.97 Å². The first-order chi connectivity index (χ1) is 10.1. The van der Waals surface area contributed by atoms with Crippen LogP contribution in [0.25, 0.3) is 0 Å². The molecular weight excluding hydrogens is 286 g/mol. The molecule has 1 aromatic rings. The number of rotatable bonds is 5. The summed E-state index contributed by atoms with van der Waals surface area (Å²) >= 11 is 0. The number of carbonyl (C=O) groups excluding carboxylic acids is 2. The van der Waals surface area contributed by atoms with Gasteiger partial charge in [0, 0.05) is 11.0 Å². The first-order valence-corrected chi connectivity index (χ1v) is 6.92. The van der Waals surface area contributed by atoms with Crippen molar-refractivity contribution in [2.75, 3.05) is 12.4 Å². The van der Waals surface area contributed by atoms with Crippen LogP contribution in [-0.2, 0) is 16.0 Å². The Morgan fingerprint density at radius 1 is 1.23 bits per heavy atom. The van der Waals surface area contributed by atoms with E-state index >= 15 is 0 Å². The molecule has 0 aliphatic rings. The summed E-state index contributed by atoms with van der Waals surface area (Å²) in [6.07, 6.45) is 0.476. The molecule has 0 unspecified atom stereocenters.